The highest BCUT2D eigenvalue weighted by Gasteiger charge is 2.30. The van der Waals surface area contributed by atoms with Crippen molar-refractivity contribution in [1.82, 2.24) is 10.2 Å². The van der Waals surface area contributed by atoms with Crippen molar-refractivity contribution in [3.63, 3.8) is 0 Å². The van der Waals surface area contributed by atoms with Crippen LogP contribution < -0.4 is 5.32 Å². The quantitative estimate of drug-likeness (QED) is 0.827. The predicted molar refractivity (Wildman–Crippen MR) is 76.6 cm³/mol. The maximum atomic E-state index is 11.8. The Balaban J connectivity index is 2.04. The standard InChI is InChI=1S/C14H15N3OS/c1-8-13-11(7-12(18)15-14(13)17-16-8)9-3-5-10(19-2)6-4-9/h3-6,11H,7H2,1-2H3,(H2,15,16,17,18)/t11-/m1/s1. The van der Waals surface area contributed by atoms with Gasteiger partial charge in [0.2, 0.25) is 5.91 Å². The van der Waals surface area contributed by atoms with Crippen LogP contribution >= 0.6 is 11.8 Å². The van der Waals surface area contributed by atoms with Crippen molar-refractivity contribution < 1.29 is 4.79 Å². The third-order valence-corrected chi connectivity index (χ3v) is 4.25. The van der Waals surface area contributed by atoms with E-state index in [-0.39, 0.29) is 11.8 Å². The summed E-state index contributed by atoms with van der Waals surface area (Å²) in [6.45, 7) is 1.99. The molecule has 0 saturated carbocycles. The van der Waals surface area contributed by atoms with E-state index in [1.165, 1.54) is 10.5 Å². The number of benzene rings is 1. The topological polar surface area (TPSA) is 57.8 Å². The van der Waals surface area contributed by atoms with Crippen LogP contribution in [0.15, 0.2) is 29.2 Å². The Morgan fingerprint density at radius 1 is 1.32 bits per heavy atom. The fourth-order valence-corrected chi connectivity index (χ4v) is 2.96. The molecule has 1 aliphatic heterocycles. The molecule has 0 saturated heterocycles. The molecule has 0 bridgehead atoms. The molecule has 4 nitrogen and oxygen atoms in total. The van der Waals surface area contributed by atoms with Gasteiger partial charge in [-0.05, 0) is 30.9 Å². The molecule has 1 amide bonds. The number of nitrogens with one attached hydrogen (secondary N) is 2. The minimum Gasteiger partial charge on any atom is -0.309 e. The molecule has 19 heavy (non-hydrogen) atoms. The number of rotatable bonds is 2. The number of thioether (sulfide) groups is 1. The van der Waals surface area contributed by atoms with E-state index in [1.54, 1.807) is 11.8 Å². The van der Waals surface area contributed by atoms with Gasteiger partial charge in [0.1, 0.15) is 0 Å². The summed E-state index contributed by atoms with van der Waals surface area (Å²) in [6.07, 6.45) is 2.54. The number of aromatic amines is 1. The molecule has 1 aliphatic rings. The van der Waals surface area contributed by atoms with Crippen LogP contribution in [0.5, 0.6) is 0 Å². The first-order chi connectivity index (χ1) is 9.19. The average Bonchev–Trinajstić information content (AvgIpc) is 2.79. The van der Waals surface area contributed by atoms with Gasteiger partial charge in [-0.15, -0.1) is 11.8 Å². The Morgan fingerprint density at radius 2 is 2.05 bits per heavy atom. The number of anilines is 1. The summed E-state index contributed by atoms with van der Waals surface area (Å²) in [5, 5.41) is 9.93. The minimum atomic E-state index is 0.0259. The lowest BCUT2D eigenvalue weighted by atomic mass is 9.86. The van der Waals surface area contributed by atoms with Crippen LogP contribution in [0.2, 0.25) is 0 Å². The lowest BCUT2D eigenvalue weighted by Crippen LogP contribution is -2.23. The van der Waals surface area contributed by atoms with Crippen LogP contribution in [0, 0.1) is 6.92 Å². The highest BCUT2D eigenvalue weighted by Crippen LogP contribution is 2.38. The summed E-state index contributed by atoms with van der Waals surface area (Å²) in [5.74, 6) is 0.795. The van der Waals surface area contributed by atoms with Gasteiger partial charge in [0.05, 0.1) is 0 Å². The second-order valence-corrected chi connectivity index (χ2v) is 5.57. The summed E-state index contributed by atoms with van der Waals surface area (Å²) < 4.78 is 0. The SMILES string of the molecule is CSc1ccc([C@H]2CC(=O)Nc3n[nH]c(C)c32)cc1. The predicted octanol–water partition coefficient (Wildman–Crippen LogP) is 2.91. The zero-order valence-corrected chi connectivity index (χ0v) is 11.7. The Bertz CT molecular complexity index is 618. The first-order valence-electron chi connectivity index (χ1n) is 6.17. The summed E-state index contributed by atoms with van der Waals surface area (Å²) in [7, 11) is 0. The van der Waals surface area contributed by atoms with Gasteiger partial charge in [-0.2, -0.15) is 5.10 Å². The summed E-state index contributed by atoms with van der Waals surface area (Å²) in [4.78, 5) is 13.0. The van der Waals surface area contributed by atoms with Gasteiger partial charge < -0.3 is 5.32 Å². The van der Waals surface area contributed by atoms with Crippen molar-refractivity contribution in [3.05, 3.63) is 41.1 Å². The van der Waals surface area contributed by atoms with E-state index in [4.69, 9.17) is 0 Å². The molecule has 1 aromatic carbocycles. The summed E-state index contributed by atoms with van der Waals surface area (Å²) in [5.41, 5.74) is 3.30. The van der Waals surface area contributed by atoms with Crippen LogP contribution in [0.25, 0.3) is 0 Å². The van der Waals surface area contributed by atoms with Gasteiger partial charge in [-0.25, -0.2) is 0 Å². The van der Waals surface area contributed by atoms with E-state index in [0.717, 1.165) is 11.3 Å². The van der Waals surface area contributed by atoms with Crippen LogP contribution in [0.3, 0.4) is 0 Å². The van der Waals surface area contributed by atoms with Crippen molar-refractivity contribution in [1.29, 1.82) is 0 Å². The first-order valence-corrected chi connectivity index (χ1v) is 7.40. The molecule has 5 heteroatoms. The third kappa shape index (κ3) is 2.14. The number of H-pyrrole nitrogens is 1. The van der Waals surface area contributed by atoms with Crippen LogP contribution in [0.1, 0.15) is 29.2 Å². The molecule has 2 N–H and O–H groups in total. The van der Waals surface area contributed by atoms with Crippen molar-refractivity contribution in [2.24, 2.45) is 0 Å². The van der Waals surface area contributed by atoms with Crippen molar-refractivity contribution in [2.45, 2.75) is 24.2 Å². The van der Waals surface area contributed by atoms with Crippen LogP contribution in [-0.2, 0) is 4.79 Å². The van der Waals surface area contributed by atoms with E-state index in [2.05, 4.69) is 46.0 Å². The molecule has 0 radical (unpaired) electrons. The van der Waals surface area contributed by atoms with Crippen LogP contribution in [0.4, 0.5) is 5.82 Å². The number of carbonyl (C=O) groups is 1. The highest BCUT2D eigenvalue weighted by atomic mass is 32.2. The molecule has 2 aromatic rings. The van der Waals surface area contributed by atoms with Crippen molar-refractivity contribution in [3.8, 4) is 0 Å². The van der Waals surface area contributed by atoms with E-state index >= 15 is 0 Å². The fraction of sp³-hybridized carbons (Fsp3) is 0.286. The van der Waals surface area contributed by atoms with Gasteiger partial charge in [-0.1, -0.05) is 12.1 Å². The Kier molecular flexibility index (Phi) is 3.06. The van der Waals surface area contributed by atoms with E-state index < -0.39 is 0 Å². The molecule has 0 spiro atoms. The minimum absolute atomic E-state index is 0.0259. The lowest BCUT2D eigenvalue weighted by molar-refractivity contribution is -0.116. The van der Waals surface area contributed by atoms with Crippen molar-refractivity contribution >= 4 is 23.5 Å². The van der Waals surface area contributed by atoms with Gasteiger partial charge in [0.25, 0.3) is 0 Å². The number of hydrogen-bond acceptors (Lipinski definition) is 3. The number of carbonyl (C=O) groups excluding carboxylic acids is 1. The number of aromatic nitrogens is 2. The Hall–Kier alpha value is -1.75. The monoisotopic (exact) mass is 273 g/mol. The van der Waals surface area contributed by atoms with Crippen LogP contribution in [-0.4, -0.2) is 22.4 Å². The molecule has 3 rings (SSSR count). The van der Waals surface area contributed by atoms with E-state index in [9.17, 15) is 4.79 Å². The highest BCUT2D eigenvalue weighted by molar-refractivity contribution is 7.98. The number of nitrogens with zero attached hydrogens (tertiary/aromatic N) is 1. The molecule has 1 aromatic heterocycles. The van der Waals surface area contributed by atoms with E-state index in [1.807, 2.05) is 6.92 Å². The Labute approximate surface area is 116 Å². The zero-order valence-electron chi connectivity index (χ0n) is 10.9. The first kappa shape index (κ1) is 12.3. The zero-order chi connectivity index (χ0) is 13.4. The number of fused-ring (bicyclic) bond motifs is 1. The van der Waals surface area contributed by atoms with Gasteiger partial charge in [0, 0.05) is 28.5 Å². The van der Waals surface area contributed by atoms with E-state index in [0.29, 0.717) is 12.2 Å². The third-order valence-electron chi connectivity index (χ3n) is 3.51. The van der Waals surface area contributed by atoms with Gasteiger partial charge in [-0.3, -0.25) is 9.89 Å². The largest absolute Gasteiger partial charge is 0.309 e. The molecular formula is C14H15N3OS. The number of amides is 1. The van der Waals surface area contributed by atoms with Gasteiger partial charge >= 0.3 is 0 Å². The molecule has 98 valence electrons. The summed E-state index contributed by atoms with van der Waals surface area (Å²) in [6, 6.07) is 8.40. The Morgan fingerprint density at radius 3 is 2.74 bits per heavy atom. The molecule has 0 unspecified atom stereocenters. The lowest BCUT2D eigenvalue weighted by Gasteiger charge is -2.23. The fourth-order valence-electron chi connectivity index (χ4n) is 2.55. The normalized spacial score (nSPS) is 18.0. The summed E-state index contributed by atoms with van der Waals surface area (Å²) >= 11 is 1.72. The molecule has 0 aliphatic carbocycles. The number of aryl methyl sites for hydroxylation is 1. The smallest absolute Gasteiger partial charge is 0.226 e. The average molecular weight is 273 g/mol. The maximum Gasteiger partial charge on any atom is 0.226 e. The van der Waals surface area contributed by atoms with Crippen molar-refractivity contribution in [2.75, 3.05) is 11.6 Å². The second kappa shape index (κ2) is 4.74. The molecule has 0 fully saturated rings. The molecule has 2 heterocycles. The molecule has 1 atom stereocenters. The second-order valence-electron chi connectivity index (χ2n) is 4.69. The van der Waals surface area contributed by atoms with Gasteiger partial charge in [0.15, 0.2) is 5.82 Å². The maximum absolute atomic E-state index is 11.8. The number of hydrogen-bond donors (Lipinski definition) is 2. The molecular weight excluding hydrogens is 258 g/mol.